The van der Waals surface area contributed by atoms with Crippen LogP contribution in [0.4, 0.5) is 0 Å². The van der Waals surface area contributed by atoms with E-state index >= 15 is 0 Å². The van der Waals surface area contributed by atoms with Crippen LogP contribution in [-0.2, 0) is 9.36 Å². The number of imide groups is 1. The highest BCUT2D eigenvalue weighted by atomic mass is 31.2. The number of nitrogens with zero attached hydrogens (tertiary/aromatic N) is 1. The van der Waals surface area contributed by atoms with E-state index in [1.165, 1.54) is 6.92 Å². The predicted molar refractivity (Wildman–Crippen MR) is 85.3 cm³/mol. The zero-order valence-electron chi connectivity index (χ0n) is 13.1. The maximum atomic E-state index is 12.1. The standard InChI is InChI=1S/C15H19N2O6P/c1-10(24(21,22)23)16-13(18)8-4-5-9-17-14(19)11-6-2-3-7-12(11)15(17)20/h2-3,6-7,10H,4-5,8-9H2,1H3,(H,16,18)(H2,21,22,23)/t10-/m0/s1. The molecule has 1 atom stereocenters. The van der Waals surface area contributed by atoms with Gasteiger partial charge in [0.15, 0.2) is 0 Å². The molecule has 1 aliphatic heterocycles. The first-order chi connectivity index (χ1) is 11.2. The Morgan fingerprint density at radius 3 is 2.21 bits per heavy atom. The lowest BCUT2D eigenvalue weighted by molar-refractivity contribution is -0.121. The number of carbonyl (C=O) groups is 3. The van der Waals surface area contributed by atoms with E-state index in [1.807, 2.05) is 0 Å². The Labute approximate surface area is 139 Å². The molecule has 0 radical (unpaired) electrons. The van der Waals surface area contributed by atoms with Crippen LogP contribution < -0.4 is 5.32 Å². The van der Waals surface area contributed by atoms with Crippen molar-refractivity contribution in [3.63, 3.8) is 0 Å². The molecule has 3 N–H and O–H groups in total. The highest BCUT2D eigenvalue weighted by Crippen LogP contribution is 2.39. The van der Waals surface area contributed by atoms with Crippen LogP contribution in [0.2, 0.25) is 0 Å². The van der Waals surface area contributed by atoms with E-state index in [-0.39, 0.29) is 24.8 Å². The van der Waals surface area contributed by atoms with Gasteiger partial charge in [0, 0.05) is 13.0 Å². The lowest BCUT2D eigenvalue weighted by Gasteiger charge is -2.16. The Kier molecular flexibility index (Phi) is 5.54. The van der Waals surface area contributed by atoms with Gasteiger partial charge < -0.3 is 15.1 Å². The van der Waals surface area contributed by atoms with Crippen molar-refractivity contribution in [1.29, 1.82) is 0 Å². The fourth-order valence-corrected chi connectivity index (χ4v) is 2.70. The predicted octanol–water partition coefficient (Wildman–Crippen LogP) is 1.09. The third-order valence-corrected chi connectivity index (χ3v) is 4.93. The van der Waals surface area contributed by atoms with E-state index in [1.54, 1.807) is 24.3 Å². The summed E-state index contributed by atoms with van der Waals surface area (Å²) in [5.41, 5.74) is 0.770. The second-order valence-electron chi connectivity index (χ2n) is 5.60. The van der Waals surface area contributed by atoms with E-state index in [0.717, 1.165) is 4.90 Å². The fourth-order valence-electron chi connectivity index (χ4n) is 2.39. The molecule has 24 heavy (non-hydrogen) atoms. The van der Waals surface area contributed by atoms with Crippen LogP contribution in [0.15, 0.2) is 24.3 Å². The Hall–Kier alpha value is -2.02. The molecule has 2 rings (SSSR count). The number of hydrogen-bond acceptors (Lipinski definition) is 4. The van der Waals surface area contributed by atoms with Gasteiger partial charge in [0.2, 0.25) is 5.91 Å². The summed E-state index contributed by atoms with van der Waals surface area (Å²) in [5.74, 6) is -2.39. The first-order valence-electron chi connectivity index (χ1n) is 7.51. The maximum absolute atomic E-state index is 12.1. The Balaban J connectivity index is 1.78. The number of rotatable bonds is 7. The third-order valence-electron chi connectivity index (χ3n) is 3.79. The summed E-state index contributed by atoms with van der Waals surface area (Å²) in [6.07, 6.45) is 0.893. The van der Waals surface area contributed by atoms with E-state index in [4.69, 9.17) is 9.79 Å². The summed E-state index contributed by atoms with van der Waals surface area (Å²) in [6.45, 7) is 1.44. The molecule has 0 saturated carbocycles. The molecular formula is C15H19N2O6P. The van der Waals surface area contributed by atoms with Crippen molar-refractivity contribution in [3.05, 3.63) is 35.4 Å². The number of carbonyl (C=O) groups excluding carboxylic acids is 3. The topological polar surface area (TPSA) is 124 Å². The van der Waals surface area contributed by atoms with Crippen LogP contribution in [0.5, 0.6) is 0 Å². The lowest BCUT2D eigenvalue weighted by Crippen LogP contribution is -2.33. The SMILES string of the molecule is C[C@@H](NC(=O)CCCCN1C(=O)c2ccccc2C1=O)P(=O)(O)O. The van der Waals surface area contributed by atoms with Crippen molar-refractivity contribution in [1.82, 2.24) is 10.2 Å². The minimum Gasteiger partial charge on any atom is -0.342 e. The molecule has 3 amide bonds. The summed E-state index contributed by atoms with van der Waals surface area (Å²) < 4.78 is 10.9. The molecule has 130 valence electrons. The normalized spacial score (nSPS) is 15.4. The molecule has 0 unspecified atom stereocenters. The number of nitrogens with one attached hydrogen (secondary N) is 1. The third kappa shape index (κ3) is 4.08. The quantitative estimate of drug-likeness (QED) is 0.383. The van der Waals surface area contributed by atoms with Crippen molar-refractivity contribution < 1.29 is 28.7 Å². The van der Waals surface area contributed by atoms with Gasteiger partial charge >= 0.3 is 7.60 Å². The van der Waals surface area contributed by atoms with Crippen LogP contribution in [-0.4, -0.2) is 44.7 Å². The minimum absolute atomic E-state index is 0.0630. The summed E-state index contributed by atoms with van der Waals surface area (Å²) in [6, 6.07) is 6.60. The zero-order valence-corrected chi connectivity index (χ0v) is 14.0. The highest BCUT2D eigenvalue weighted by molar-refractivity contribution is 7.52. The van der Waals surface area contributed by atoms with Crippen molar-refractivity contribution >= 4 is 25.3 Å². The van der Waals surface area contributed by atoms with Crippen LogP contribution in [0.3, 0.4) is 0 Å². The second-order valence-corrected chi connectivity index (χ2v) is 7.55. The Morgan fingerprint density at radius 2 is 1.71 bits per heavy atom. The van der Waals surface area contributed by atoms with E-state index < -0.39 is 19.3 Å². The summed E-state index contributed by atoms with van der Waals surface area (Å²) in [4.78, 5) is 54.8. The van der Waals surface area contributed by atoms with E-state index in [2.05, 4.69) is 5.32 Å². The minimum atomic E-state index is -4.35. The van der Waals surface area contributed by atoms with Crippen molar-refractivity contribution in [2.45, 2.75) is 32.0 Å². The second kappa shape index (κ2) is 7.25. The first-order valence-corrected chi connectivity index (χ1v) is 9.20. The van der Waals surface area contributed by atoms with Gasteiger partial charge in [-0.3, -0.25) is 23.8 Å². The van der Waals surface area contributed by atoms with Gasteiger partial charge in [-0.05, 0) is 31.9 Å². The molecule has 0 bridgehead atoms. The first kappa shape index (κ1) is 18.3. The summed E-state index contributed by atoms with van der Waals surface area (Å²) >= 11 is 0. The number of unbranched alkanes of at least 4 members (excludes halogenated alkanes) is 1. The van der Waals surface area contributed by atoms with E-state index in [9.17, 15) is 18.9 Å². The molecule has 0 aliphatic carbocycles. The maximum Gasteiger partial charge on any atom is 0.347 e. The fraction of sp³-hybridized carbons (Fsp3) is 0.400. The molecule has 1 aromatic carbocycles. The van der Waals surface area contributed by atoms with Gasteiger partial charge in [0.05, 0.1) is 11.1 Å². The van der Waals surface area contributed by atoms with Gasteiger partial charge in [0.1, 0.15) is 5.78 Å². The molecule has 1 heterocycles. The van der Waals surface area contributed by atoms with Gasteiger partial charge in [-0.25, -0.2) is 0 Å². The van der Waals surface area contributed by atoms with Crippen LogP contribution in [0.1, 0.15) is 46.9 Å². The molecule has 0 aromatic heterocycles. The lowest BCUT2D eigenvalue weighted by atomic mass is 10.1. The molecule has 9 heteroatoms. The van der Waals surface area contributed by atoms with Gasteiger partial charge in [-0.1, -0.05) is 12.1 Å². The van der Waals surface area contributed by atoms with Crippen LogP contribution in [0, 0.1) is 0 Å². The van der Waals surface area contributed by atoms with Crippen LogP contribution >= 0.6 is 7.60 Å². The number of hydrogen-bond donors (Lipinski definition) is 3. The molecule has 0 fully saturated rings. The largest absolute Gasteiger partial charge is 0.347 e. The molecule has 0 spiro atoms. The van der Waals surface area contributed by atoms with Gasteiger partial charge in [0.25, 0.3) is 11.8 Å². The molecule has 8 nitrogen and oxygen atoms in total. The van der Waals surface area contributed by atoms with Crippen molar-refractivity contribution in [2.24, 2.45) is 0 Å². The summed E-state index contributed by atoms with van der Waals surface area (Å²) in [7, 11) is -4.35. The number of benzene rings is 1. The zero-order chi connectivity index (χ0) is 17.9. The van der Waals surface area contributed by atoms with Crippen molar-refractivity contribution in [2.75, 3.05) is 6.54 Å². The van der Waals surface area contributed by atoms with Crippen molar-refractivity contribution in [3.8, 4) is 0 Å². The Morgan fingerprint density at radius 1 is 1.17 bits per heavy atom. The Bertz CT molecular complexity index is 679. The number of fused-ring (bicyclic) bond motifs is 1. The van der Waals surface area contributed by atoms with Gasteiger partial charge in [-0.2, -0.15) is 0 Å². The average molecular weight is 354 g/mol. The molecule has 1 aliphatic rings. The summed E-state index contributed by atoms with van der Waals surface area (Å²) in [5, 5.41) is 2.23. The molecule has 0 saturated heterocycles. The molecular weight excluding hydrogens is 335 g/mol. The molecule has 1 aromatic rings. The van der Waals surface area contributed by atoms with Crippen LogP contribution in [0.25, 0.3) is 0 Å². The highest BCUT2D eigenvalue weighted by Gasteiger charge is 2.34. The monoisotopic (exact) mass is 354 g/mol. The number of amides is 3. The van der Waals surface area contributed by atoms with Gasteiger partial charge in [-0.15, -0.1) is 0 Å². The average Bonchev–Trinajstić information content (AvgIpc) is 2.75. The van der Waals surface area contributed by atoms with E-state index in [0.29, 0.717) is 24.0 Å². The smallest absolute Gasteiger partial charge is 0.342 e.